The van der Waals surface area contributed by atoms with Crippen LogP contribution in [0.25, 0.3) is 0 Å². The van der Waals surface area contributed by atoms with Gasteiger partial charge in [0.1, 0.15) is 5.69 Å². The van der Waals surface area contributed by atoms with Crippen LogP contribution in [0.2, 0.25) is 0 Å². The minimum Gasteiger partial charge on any atom is -0.481 e. The van der Waals surface area contributed by atoms with Gasteiger partial charge in [0.2, 0.25) is 17.7 Å². The summed E-state index contributed by atoms with van der Waals surface area (Å²) in [6, 6.07) is 3.12. The zero-order valence-electron chi connectivity index (χ0n) is 14.8. The molecule has 8 nitrogen and oxygen atoms in total. The van der Waals surface area contributed by atoms with Crippen molar-refractivity contribution >= 4 is 17.6 Å². The van der Waals surface area contributed by atoms with E-state index in [4.69, 9.17) is 9.47 Å². The Labute approximate surface area is 147 Å². The van der Waals surface area contributed by atoms with Crippen LogP contribution in [0.1, 0.15) is 38.5 Å². The molecule has 1 aromatic rings. The largest absolute Gasteiger partial charge is 0.481 e. The van der Waals surface area contributed by atoms with Crippen LogP contribution in [0.3, 0.4) is 0 Å². The van der Waals surface area contributed by atoms with Crippen molar-refractivity contribution in [2.45, 2.75) is 44.6 Å². The minimum atomic E-state index is -0.421. The summed E-state index contributed by atoms with van der Waals surface area (Å²) in [5.41, 5.74) is 0.424. The maximum absolute atomic E-state index is 11.9. The normalized spacial score (nSPS) is 14.5. The van der Waals surface area contributed by atoms with Crippen LogP contribution in [0.4, 0.5) is 10.5 Å². The van der Waals surface area contributed by atoms with Crippen molar-refractivity contribution in [3.63, 3.8) is 0 Å². The Morgan fingerprint density at radius 3 is 2.60 bits per heavy atom. The Hall–Kier alpha value is -2.51. The average molecular weight is 350 g/mol. The topological polar surface area (TPSA) is 102 Å². The monoisotopic (exact) mass is 350 g/mol. The highest BCUT2D eigenvalue weighted by Crippen LogP contribution is 2.24. The zero-order valence-corrected chi connectivity index (χ0v) is 14.8. The standard InChI is InChI=1S/C17H26N4O4/c1-24-15-9-8-13(16(21-15)25-2)20-17(23)18-11-10-14(22)19-12-6-4-3-5-7-12/h8-9,12H,3-7,10-11H2,1-2H3,(H,19,22)(H2,18,20,23). The molecule has 1 saturated carbocycles. The van der Waals surface area contributed by atoms with Crippen LogP contribution in [-0.4, -0.2) is 43.7 Å². The third-order valence-corrected chi connectivity index (χ3v) is 4.09. The second kappa shape index (κ2) is 9.71. The van der Waals surface area contributed by atoms with Gasteiger partial charge in [0.25, 0.3) is 0 Å². The molecule has 0 bridgehead atoms. The highest BCUT2D eigenvalue weighted by Gasteiger charge is 2.15. The number of carbonyl (C=O) groups excluding carboxylic acids is 2. The Morgan fingerprint density at radius 1 is 1.16 bits per heavy atom. The summed E-state index contributed by atoms with van der Waals surface area (Å²) in [6.45, 7) is 0.260. The van der Waals surface area contributed by atoms with Gasteiger partial charge in [0.05, 0.1) is 14.2 Å². The molecule has 1 fully saturated rings. The average Bonchev–Trinajstić information content (AvgIpc) is 2.62. The van der Waals surface area contributed by atoms with E-state index < -0.39 is 6.03 Å². The van der Waals surface area contributed by atoms with Crippen molar-refractivity contribution in [3.8, 4) is 11.8 Å². The van der Waals surface area contributed by atoms with E-state index >= 15 is 0 Å². The predicted molar refractivity (Wildman–Crippen MR) is 94.0 cm³/mol. The van der Waals surface area contributed by atoms with E-state index in [-0.39, 0.29) is 30.8 Å². The Bertz CT molecular complexity index is 588. The van der Waals surface area contributed by atoms with Crippen LogP contribution < -0.4 is 25.4 Å². The molecule has 8 heteroatoms. The first-order chi connectivity index (χ1) is 12.1. The smallest absolute Gasteiger partial charge is 0.319 e. The van der Waals surface area contributed by atoms with Crippen LogP contribution >= 0.6 is 0 Å². The molecule has 25 heavy (non-hydrogen) atoms. The first-order valence-corrected chi connectivity index (χ1v) is 8.55. The molecule has 0 aliphatic heterocycles. The molecular weight excluding hydrogens is 324 g/mol. The zero-order chi connectivity index (χ0) is 18.1. The third-order valence-electron chi connectivity index (χ3n) is 4.09. The lowest BCUT2D eigenvalue weighted by Crippen LogP contribution is -2.38. The number of methoxy groups -OCH3 is 2. The van der Waals surface area contributed by atoms with Gasteiger partial charge in [-0.2, -0.15) is 4.98 Å². The number of amides is 3. The van der Waals surface area contributed by atoms with Gasteiger partial charge in [-0.25, -0.2) is 4.79 Å². The summed E-state index contributed by atoms with van der Waals surface area (Å²) < 4.78 is 10.1. The SMILES string of the molecule is COc1ccc(NC(=O)NCCC(=O)NC2CCCCC2)c(OC)n1. The Morgan fingerprint density at radius 2 is 1.92 bits per heavy atom. The number of aromatic nitrogens is 1. The number of anilines is 1. The highest BCUT2D eigenvalue weighted by molar-refractivity contribution is 5.90. The first-order valence-electron chi connectivity index (χ1n) is 8.55. The summed E-state index contributed by atoms with van der Waals surface area (Å²) in [6.07, 6.45) is 5.93. The first kappa shape index (κ1) is 18.8. The van der Waals surface area contributed by atoms with Crippen LogP contribution in [-0.2, 0) is 4.79 Å². The number of nitrogens with zero attached hydrogens (tertiary/aromatic N) is 1. The van der Waals surface area contributed by atoms with Gasteiger partial charge in [-0.3, -0.25) is 4.79 Å². The van der Waals surface area contributed by atoms with E-state index in [9.17, 15) is 9.59 Å². The van der Waals surface area contributed by atoms with E-state index in [1.54, 1.807) is 12.1 Å². The molecule has 1 aromatic heterocycles. The lowest BCUT2D eigenvalue weighted by atomic mass is 9.95. The van der Waals surface area contributed by atoms with Crippen molar-refractivity contribution in [1.82, 2.24) is 15.6 Å². The van der Waals surface area contributed by atoms with Crippen LogP contribution in [0.15, 0.2) is 12.1 Å². The Kier molecular flexibility index (Phi) is 7.31. The van der Waals surface area contributed by atoms with Crippen LogP contribution in [0.5, 0.6) is 11.8 Å². The molecule has 0 unspecified atom stereocenters. The highest BCUT2D eigenvalue weighted by atomic mass is 16.5. The van der Waals surface area contributed by atoms with Gasteiger partial charge in [0.15, 0.2) is 0 Å². The lowest BCUT2D eigenvalue weighted by molar-refractivity contribution is -0.121. The number of urea groups is 1. The van der Waals surface area contributed by atoms with Crippen molar-refractivity contribution < 1.29 is 19.1 Å². The quantitative estimate of drug-likeness (QED) is 0.699. The molecule has 0 radical (unpaired) electrons. The van der Waals surface area contributed by atoms with Crippen molar-refractivity contribution in [1.29, 1.82) is 0 Å². The van der Waals surface area contributed by atoms with E-state index in [1.807, 2.05) is 0 Å². The summed E-state index contributed by atoms with van der Waals surface area (Å²) in [5, 5.41) is 8.32. The van der Waals surface area contributed by atoms with Crippen LogP contribution in [0, 0.1) is 0 Å². The van der Waals surface area contributed by atoms with E-state index in [2.05, 4.69) is 20.9 Å². The second-order valence-electron chi connectivity index (χ2n) is 5.94. The number of pyridine rings is 1. The maximum Gasteiger partial charge on any atom is 0.319 e. The molecule has 0 atom stereocenters. The van der Waals surface area contributed by atoms with Crippen molar-refractivity contribution in [2.24, 2.45) is 0 Å². The molecule has 0 spiro atoms. The number of hydrogen-bond acceptors (Lipinski definition) is 5. The summed E-state index contributed by atoms with van der Waals surface area (Å²) in [7, 11) is 2.96. The summed E-state index contributed by atoms with van der Waals surface area (Å²) in [4.78, 5) is 27.9. The molecular formula is C17H26N4O4. The molecule has 0 aromatic carbocycles. The molecule has 0 saturated heterocycles. The summed E-state index contributed by atoms with van der Waals surface area (Å²) in [5.74, 6) is 0.614. The number of rotatable bonds is 7. The molecule has 2 rings (SSSR count). The number of nitrogens with one attached hydrogen (secondary N) is 3. The van der Waals surface area contributed by atoms with Crippen molar-refractivity contribution in [2.75, 3.05) is 26.1 Å². The fourth-order valence-electron chi connectivity index (χ4n) is 2.79. The van der Waals surface area contributed by atoms with Gasteiger partial charge in [-0.1, -0.05) is 19.3 Å². The van der Waals surface area contributed by atoms with E-state index in [0.29, 0.717) is 11.6 Å². The van der Waals surface area contributed by atoms with Gasteiger partial charge < -0.3 is 25.4 Å². The molecule has 3 amide bonds. The summed E-state index contributed by atoms with van der Waals surface area (Å²) >= 11 is 0. The molecule has 3 N–H and O–H groups in total. The minimum absolute atomic E-state index is 0.0316. The molecule has 1 aliphatic rings. The predicted octanol–water partition coefficient (Wildman–Crippen LogP) is 2.06. The fraction of sp³-hybridized carbons (Fsp3) is 0.588. The molecule has 1 aliphatic carbocycles. The number of carbonyl (C=O) groups is 2. The number of hydrogen-bond donors (Lipinski definition) is 3. The van der Waals surface area contributed by atoms with Gasteiger partial charge in [-0.05, 0) is 18.9 Å². The lowest BCUT2D eigenvalue weighted by Gasteiger charge is -2.22. The van der Waals surface area contributed by atoms with Crippen molar-refractivity contribution in [3.05, 3.63) is 12.1 Å². The second-order valence-corrected chi connectivity index (χ2v) is 5.94. The number of ether oxygens (including phenoxy) is 2. The Balaban J connectivity index is 1.72. The third kappa shape index (κ3) is 6.13. The molecule has 138 valence electrons. The molecule has 1 heterocycles. The van der Waals surface area contributed by atoms with E-state index in [1.165, 1.54) is 33.5 Å². The van der Waals surface area contributed by atoms with Gasteiger partial charge in [0, 0.05) is 25.1 Å². The van der Waals surface area contributed by atoms with Gasteiger partial charge in [-0.15, -0.1) is 0 Å². The van der Waals surface area contributed by atoms with Gasteiger partial charge >= 0.3 is 6.03 Å². The maximum atomic E-state index is 11.9. The van der Waals surface area contributed by atoms with E-state index in [0.717, 1.165) is 12.8 Å². The fourth-order valence-corrected chi connectivity index (χ4v) is 2.79.